The maximum absolute atomic E-state index is 10.7. The normalized spacial score (nSPS) is 27.3. The van der Waals surface area contributed by atoms with E-state index in [0.29, 0.717) is 13.0 Å². The van der Waals surface area contributed by atoms with Gasteiger partial charge in [0.25, 0.3) is 0 Å². The highest BCUT2D eigenvalue weighted by atomic mass is 16.4. The Bertz CT molecular complexity index is 170. The standard InChI is InChI=1S/C8H15NO3/c1-6(10)5-9-4-2-3-7(9)8(11)12/h6-7,10H,2-5H2,1H3,(H,11,12)/t6?,7-/m1/s1. The highest BCUT2D eigenvalue weighted by Gasteiger charge is 2.30. The van der Waals surface area contributed by atoms with Crippen LogP contribution in [-0.4, -0.2) is 46.3 Å². The predicted molar refractivity (Wildman–Crippen MR) is 43.9 cm³/mol. The zero-order valence-electron chi connectivity index (χ0n) is 7.23. The van der Waals surface area contributed by atoms with Crippen molar-refractivity contribution in [3.05, 3.63) is 0 Å². The monoisotopic (exact) mass is 173 g/mol. The molecule has 1 unspecified atom stereocenters. The van der Waals surface area contributed by atoms with Crippen LogP contribution in [0.25, 0.3) is 0 Å². The first-order chi connectivity index (χ1) is 5.61. The van der Waals surface area contributed by atoms with Gasteiger partial charge in [0.15, 0.2) is 0 Å². The second kappa shape index (κ2) is 3.87. The number of β-amino-alcohol motifs (C(OH)–C–C–N with tert-alkyl or cyclic N) is 1. The van der Waals surface area contributed by atoms with Gasteiger partial charge in [-0.15, -0.1) is 0 Å². The number of aliphatic carboxylic acids is 1. The average Bonchev–Trinajstić information content (AvgIpc) is 2.33. The molecule has 0 aromatic rings. The molecule has 4 heteroatoms. The number of carboxylic acid groups (broad SMARTS) is 1. The summed E-state index contributed by atoms with van der Waals surface area (Å²) in [5.74, 6) is -0.770. The van der Waals surface area contributed by atoms with Crippen molar-refractivity contribution in [2.45, 2.75) is 31.9 Å². The molecule has 1 saturated heterocycles. The van der Waals surface area contributed by atoms with Gasteiger partial charge in [-0.3, -0.25) is 9.69 Å². The molecular weight excluding hydrogens is 158 g/mol. The second-order valence-corrected chi connectivity index (χ2v) is 3.34. The molecule has 1 heterocycles. The summed E-state index contributed by atoms with van der Waals surface area (Å²) in [5.41, 5.74) is 0. The minimum Gasteiger partial charge on any atom is -0.480 e. The quantitative estimate of drug-likeness (QED) is 0.626. The average molecular weight is 173 g/mol. The molecule has 4 nitrogen and oxygen atoms in total. The van der Waals surface area contributed by atoms with Gasteiger partial charge in [-0.2, -0.15) is 0 Å². The molecule has 0 aromatic carbocycles. The van der Waals surface area contributed by atoms with Crippen molar-refractivity contribution in [1.82, 2.24) is 4.90 Å². The lowest BCUT2D eigenvalue weighted by Crippen LogP contribution is -2.39. The first kappa shape index (κ1) is 9.48. The number of hydrogen-bond donors (Lipinski definition) is 2. The van der Waals surface area contributed by atoms with Crippen LogP contribution < -0.4 is 0 Å². The van der Waals surface area contributed by atoms with E-state index in [4.69, 9.17) is 10.2 Å². The Morgan fingerprint density at radius 2 is 2.42 bits per heavy atom. The SMILES string of the molecule is CC(O)CN1CCC[C@@H]1C(=O)O. The lowest BCUT2D eigenvalue weighted by molar-refractivity contribution is -0.142. The van der Waals surface area contributed by atoms with Crippen LogP contribution in [0, 0.1) is 0 Å². The van der Waals surface area contributed by atoms with E-state index < -0.39 is 12.1 Å². The van der Waals surface area contributed by atoms with Crippen LogP contribution in [0.3, 0.4) is 0 Å². The van der Waals surface area contributed by atoms with Crippen LogP contribution in [0.5, 0.6) is 0 Å². The third-order valence-electron chi connectivity index (χ3n) is 2.15. The Morgan fingerprint density at radius 1 is 1.75 bits per heavy atom. The first-order valence-electron chi connectivity index (χ1n) is 4.26. The van der Waals surface area contributed by atoms with E-state index in [-0.39, 0.29) is 6.04 Å². The van der Waals surface area contributed by atoms with Crippen molar-refractivity contribution < 1.29 is 15.0 Å². The number of rotatable bonds is 3. The highest BCUT2D eigenvalue weighted by Crippen LogP contribution is 2.17. The minimum atomic E-state index is -0.770. The lowest BCUT2D eigenvalue weighted by Gasteiger charge is -2.21. The van der Waals surface area contributed by atoms with Crippen LogP contribution in [0.2, 0.25) is 0 Å². The molecule has 0 amide bonds. The first-order valence-corrected chi connectivity index (χ1v) is 4.26. The molecule has 0 saturated carbocycles. The highest BCUT2D eigenvalue weighted by molar-refractivity contribution is 5.73. The summed E-state index contributed by atoms with van der Waals surface area (Å²) in [5, 5.41) is 17.9. The Hall–Kier alpha value is -0.610. The van der Waals surface area contributed by atoms with E-state index in [1.165, 1.54) is 0 Å². The van der Waals surface area contributed by atoms with Gasteiger partial charge in [-0.1, -0.05) is 0 Å². The zero-order chi connectivity index (χ0) is 9.14. The number of likely N-dealkylation sites (tertiary alicyclic amines) is 1. The molecule has 0 aromatic heterocycles. The van der Waals surface area contributed by atoms with Crippen molar-refractivity contribution in [3.8, 4) is 0 Å². The molecule has 0 aliphatic carbocycles. The number of hydrogen-bond acceptors (Lipinski definition) is 3. The fraction of sp³-hybridized carbons (Fsp3) is 0.875. The fourth-order valence-electron chi connectivity index (χ4n) is 1.66. The number of aliphatic hydroxyl groups excluding tert-OH is 1. The van der Waals surface area contributed by atoms with Gasteiger partial charge in [0.05, 0.1) is 6.10 Å². The molecule has 2 atom stereocenters. The van der Waals surface area contributed by atoms with Gasteiger partial charge in [-0.05, 0) is 26.3 Å². The molecular formula is C8H15NO3. The zero-order valence-corrected chi connectivity index (χ0v) is 7.23. The summed E-state index contributed by atoms with van der Waals surface area (Å²) in [6.45, 7) is 2.94. The molecule has 0 bridgehead atoms. The van der Waals surface area contributed by atoms with Gasteiger partial charge in [0, 0.05) is 6.54 Å². The molecule has 1 rings (SSSR count). The molecule has 2 N–H and O–H groups in total. The Kier molecular flexibility index (Phi) is 3.05. The van der Waals surface area contributed by atoms with E-state index in [1.807, 2.05) is 4.90 Å². The predicted octanol–water partition coefficient (Wildman–Crippen LogP) is -0.0838. The maximum atomic E-state index is 10.7. The van der Waals surface area contributed by atoms with Crippen LogP contribution >= 0.6 is 0 Å². The third-order valence-corrected chi connectivity index (χ3v) is 2.15. The number of carbonyl (C=O) groups is 1. The van der Waals surface area contributed by atoms with E-state index in [9.17, 15) is 4.79 Å². The summed E-state index contributed by atoms with van der Waals surface area (Å²) in [6, 6.07) is -0.375. The third kappa shape index (κ3) is 2.19. The van der Waals surface area contributed by atoms with Gasteiger partial charge in [0.1, 0.15) is 6.04 Å². The second-order valence-electron chi connectivity index (χ2n) is 3.34. The number of carboxylic acids is 1. The topological polar surface area (TPSA) is 60.8 Å². The Balaban J connectivity index is 2.46. The van der Waals surface area contributed by atoms with E-state index in [1.54, 1.807) is 6.92 Å². The summed E-state index contributed by atoms with van der Waals surface area (Å²) in [4.78, 5) is 12.5. The molecule has 0 spiro atoms. The number of nitrogens with zero attached hydrogens (tertiary/aromatic N) is 1. The van der Waals surface area contributed by atoms with Gasteiger partial charge < -0.3 is 10.2 Å². The summed E-state index contributed by atoms with van der Waals surface area (Å²) < 4.78 is 0. The van der Waals surface area contributed by atoms with E-state index >= 15 is 0 Å². The van der Waals surface area contributed by atoms with Crippen LogP contribution in [-0.2, 0) is 4.79 Å². The Morgan fingerprint density at radius 3 is 2.92 bits per heavy atom. The van der Waals surface area contributed by atoms with E-state index in [2.05, 4.69) is 0 Å². The van der Waals surface area contributed by atoms with Gasteiger partial charge in [0.2, 0.25) is 0 Å². The van der Waals surface area contributed by atoms with Gasteiger partial charge in [-0.25, -0.2) is 0 Å². The van der Waals surface area contributed by atoms with Crippen LogP contribution in [0.15, 0.2) is 0 Å². The maximum Gasteiger partial charge on any atom is 0.320 e. The summed E-state index contributed by atoms with van der Waals surface area (Å²) in [7, 11) is 0. The minimum absolute atomic E-state index is 0.375. The fourth-order valence-corrected chi connectivity index (χ4v) is 1.66. The molecule has 12 heavy (non-hydrogen) atoms. The summed E-state index contributed by atoms with van der Waals surface area (Å²) >= 11 is 0. The van der Waals surface area contributed by atoms with Crippen molar-refractivity contribution in [1.29, 1.82) is 0 Å². The molecule has 1 aliphatic rings. The van der Waals surface area contributed by atoms with Crippen LogP contribution in [0.4, 0.5) is 0 Å². The largest absolute Gasteiger partial charge is 0.480 e. The van der Waals surface area contributed by atoms with Crippen molar-refractivity contribution in [3.63, 3.8) is 0 Å². The van der Waals surface area contributed by atoms with Crippen molar-refractivity contribution in [2.24, 2.45) is 0 Å². The lowest BCUT2D eigenvalue weighted by atomic mass is 10.2. The summed E-state index contributed by atoms with van der Waals surface area (Å²) in [6.07, 6.45) is 1.19. The Labute approximate surface area is 71.8 Å². The van der Waals surface area contributed by atoms with Gasteiger partial charge >= 0.3 is 5.97 Å². The van der Waals surface area contributed by atoms with E-state index in [0.717, 1.165) is 13.0 Å². The van der Waals surface area contributed by atoms with Crippen LogP contribution in [0.1, 0.15) is 19.8 Å². The number of aliphatic hydroxyl groups is 1. The van der Waals surface area contributed by atoms with Crippen molar-refractivity contribution >= 4 is 5.97 Å². The molecule has 1 aliphatic heterocycles. The molecule has 0 radical (unpaired) electrons. The van der Waals surface area contributed by atoms with Crippen molar-refractivity contribution in [2.75, 3.05) is 13.1 Å². The molecule has 70 valence electrons. The smallest absolute Gasteiger partial charge is 0.320 e. The molecule has 1 fully saturated rings.